The molecule has 1 amide bonds. The SMILES string of the molecule is CCC(=O)N1C[C@H]2OCCN(Cc3cnn(C)c3)[C@H]2C1. The van der Waals surface area contributed by atoms with E-state index >= 15 is 0 Å². The fourth-order valence-corrected chi connectivity index (χ4v) is 3.17. The number of aryl methyl sites for hydroxylation is 1. The Morgan fingerprint density at radius 2 is 2.35 bits per heavy atom. The fraction of sp³-hybridized carbons (Fsp3) is 0.714. The van der Waals surface area contributed by atoms with Gasteiger partial charge in [0.15, 0.2) is 0 Å². The summed E-state index contributed by atoms with van der Waals surface area (Å²) in [7, 11) is 1.93. The van der Waals surface area contributed by atoms with Crippen molar-refractivity contribution in [2.24, 2.45) is 7.05 Å². The van der Waals surface area contributed by atoms with Crippen LogP contribution in [0.4, 0.5) is 0 Å². The Morgan fingerprint density at radius 1 is 1.50 bits per heavy atom. The number of amides is 1. The number of hydrogen-bond acceptors (Lipinski definition) is 4. The van der Waals surface area contributed by atoms with Crippen molar-refractivity contribution in [1.82, 2.24) is 19.6 Å². The molecule has 6 nitrogen and oxygen atoms in total. The van der Waals surface area contributed by atoms with Crippen molar-refractivity contribution in [3.05, 3.63) is 18.0 Å². The fourth-order valence-electron chi connectivity index (χ4n) is 3.17. The third kappa shape index (κ3) is 2.58. The van der Waals surface area contributed by atoms with Crippen LogP contribution in [0.15, 0.2) is 12.4 Å². The molecule has 110 valence electrons. The lowest BCUT2D eigenvalue weighted by Crippen LogP contribution is -2.50. The molecule has 2 saturated heterocycles. The monoisotopic (exact) mass is 278 g/mol. The zero-order chi connectivity index (χ0) is 14.1. The highest BCUT2D eigenvalue weighted by Gasteiger charge is 2.41. The smallest absolute Gasteiger partial charge is 0.222 e. The van der Waals surface area contributed by atoms with Gasteiger partial charge in [0.2, 0.25) is 5.91 Å². The third-order valence-corrected chi connectivity index (χ3v) is 4.22. The quantitative estimate of drug-likeness (QED) is 0.795. The average molecular weight is 278 g/mol. The minimum absolute atomic E-state index is 0.163. The number of nitrogens with zero attached hydrogens (tertiary/aromatic N) is 4. The molecule has 0 radical (unpaired) electrons. The van der Waals surface area contributed by atoms with Crippen LogP contribution in [0.1, 0.15) is 18.9 Å². The summed E-state index contributed by atoms with van der Waals surface area (Å²) < 4.78 is 7.67. The first-order valence-corrected chi connectivity index (χ1v) is 7.28. The molecule has 0 bridgehead atoms. The number of hydrogen-bond donors (Lipinski definition) is 0. The van der Waals surface area contributed by atoms with E-state index in [0.29, 0.717) is 12.5 Å². The van der Waals surface area contributed by atoms with Gasteiger partial charge in [-0.15, -0.1) is 0 Å². The van der Waals surface area contributed by atoms with Crippen molar-refractivity contribution in [1.29, 1.82) is 0 Å². The Kier molecular flexibility index (Phi) is 3.76. The molecule has 2 atom stereocenters. The first-order valence-electron chi connectivity index (χ1n) is 7.28. The summed E-state index contributed by atoms with van der Waals surface area (Å²) in [5.74, 6) is 0.226. The summed E-state index contributed by atoms with van der Waals surface area (Å²) in [5.41, 5.74) is 1.22. The normalized spacial score (nSPS) is 26.8. The van der Waals surface area contributed by atoms with Gasteiger partial charge in [0.1, 0.15) is 0 Å². The maximum atomic E-state index is 11.9. The second kappa shape index (κ2) is 5.54. The molecule has 0 spiro atoms. The predicted molar refractivity (Wildman–Crippen MR) is 74.0 cm³/mol. The van der Waals surface area contributed by atoms with E-state index in [9.17, 15) is 4.79 Å². The number of carbonyl (C=O) groups excluding carboxylic acids is 1. The van der Waals surface area contributed by atoms with Crippen LogP contribution < -0.4 is 0 Å². The molecule has 2 fully saturated rings. The molecule has 3 rings (SSSR count). The van der Waals surface area contributed by atoms with E-state index in [1.54, 1.807) is 0 Å². The van der Waals surface area contributed by atoms with Gasteiger partial charge in [0, 0.05) is 51.4 Å². The van der Waals surface area contributed by atoms with Gasteiger partial charge in [-0.3, -0.25) is 14.4 Å². The zero-order valence-electron chi connectivity index (χ0n) is 12.2. The van der Waals surface area contributed by atoms with E-state index in [1.807, 2.05) is 35.9 Å². The summed E-state index contributed by atoms with van der Waals surface area (Å²) in [6.07, 6.45) is 4.70. The first-order chi connectivity index (χ1) is 9.67. The van der Waals surface area contributed by atoms with Crippen molar-refractivity contribution >= 4 is 5.91 Å². The molecule has 1 aromatic rings. The Labute approximate surface area is 119 Å². The number of morpholine rings is 1. The van der Waals surface area contributed by atoms with Crippen LogP contribution in [0.5, 0.6) is 0 Å². The van der Waals surface area contributed by atoms with Gasteiger partial charge in [0.05, 0.1) is 24.9 Å². The molecule has 0 aromatic carbocycles. The standard InChI is InChI=1S/C14H22N4O2/c1-3-14(19)18-9-12-13(10-18)20-5-4-17(12)8-11-6-15-16(2)7-11/h6-7,12-13H,3-5,8-10H2,1-2H3/t12-,13+/m0/s1. The Bertz CT molecular complexity index is 487. The average Bonchev–Trinajstić information content (AvgIpc) is 3.05. The Hall–Kier alpha value is -1.40. The van der Waals surface area contributed by atoms with Crippen molar-refractivity contribution < 1.29 is 9.53 Å². The van der Waals surface area contributed by atoms with Crippen LogP contribution in [0, 0.1) is 0 Å². The molecule has 0 aliphatic carbocycles. The number of likely N-dealkylation sites (tertiary alicyclic amines) is 1. The van der Waals surface area contributed by atoms with Gasteiger partial charge in [-0.2, -0.15) is 5.10 Å². The number of aromatic nitrogens is 2. The molecule has 0 saturated carbocycles. The van der Waals surface area contributed by atoms with E-state index in [1.165, 1.54) is 5.56 Å². The molecule has 20 heavy (non-hydrogen) atoms. The largest absolute Gasteiger partial charge is 0.373 e. The van der Waals surface area contributed by atoms with Crippen LogP contribution in [0.2, 0.25) is 0 Å². The lowest BCUT2D eigenvalue weighted by atomic mass is 10.1. The second-order valence-corrected chi connectivity index (χ2v) is 5.62. The predicted octanol–water partition coefficient (Wildman–Crippen LogP) is 0.242. The maximum Gasteiger partial charge on any atom is 0.222 e. The molecule has 0 unspecified atom stereocenters. The lowest BCUT2D eigenvalue weighted by Gasteiger charge is -2.36. The van der Waals surface area contributed by atoms with E-state index in [-0.39, 0.29) is 12.0 Å². The topological polar surface area (TPSA) is 50.6 Å². The van der Waals surface area contributed by atoms with Crippen LogP contribution >= 0.6 is 0 Å². The minimum atomic E-state index is 0.163. The lowest BCUT2D eigenvalue weighted by molar-refractivity contribution is -0.130. The van der Waals surface area contributed by atoms with Gasteiger partial charge in [-0.05, 0) is 0 Å². The molecular weight excluding hydrogens is 256 g/mol. The van der Waals surface area contributed by atoms with Crippen LogP contribution in [0.3, 0.4) is 0 Å². The van der Waals surface area contributed by atoms with E-state index < -0.39 is 0 Å². The van der Waals surface area contributed by atoms with Gasteiger partial charge in [-0.25, -0.2) is 0 Å². The molecular formula is C14H22N4O2. The molecule has 0 N–H and O–H groups in total. The van der Waals surface area contributed by atoms with E-state index in [2.05, 4.69) is 10.00 Å². The third-order valence-electron chi connectivity index (χ3n) is 4.22. The Balaban J connectivity index is 1.68. The molecule has 6 heteroatoms. The van der Waals surface area contributed by atoms with Gasteiger partial charge in [-0.1, -0.05) is 6.92 Å². The summed E-state index contributed by atoms with van der Waals surface area (Å²) in [6, 6.07) is 0.319. The Morgan fingerprint density at radius 3 is 3.05 bits per heavy atom. The molecule has 1 aromatic heterocycles. The molecule has 2 aliphatic rings. The second-order valence-electron chi connectivity index (χ2n) is 5.62. The van der Waals surface area contributed by atoms with E-state index in [4.69, 9.17) is 4.74 Å². The van der Waals surface area contributed by atoms with Crippen LogP contribution in [-0.2, 0) is 23.1 Å². The number of rotatable bonds is 3. The summed E-state index contributed by atoms with van der Waals surface area (Å²) >= 11 is 0. The number of ether oxygens (including phenoxy) is 1. The van der Waals surface area contributed by atoms with Gasteiger partial charge < -0.3 is 9.64 Å². The summed E-state index contributed by atoms with van der Waals surface area (Å²) in [5, 5.41) is 4.22. The van der Waals surface area contributed by atoms with E-state index in [0.717, 1.165) is 32.8 Å². The first kappa shape index (κ1) is 13.6. The van der Waals surface area contributed by atoms with Gasteiger partial charge in [0.25, 0.3) is 0 Å². The van der Waals surface area contributed by atoms with Crippen LogP contribution in [0.25, 0.3) is 0 Å². The molecule has 2 aliphatic heterocycles. The highest BCUT2D eigenvalue weighted by atomic mass is 16.5. The minimum Gasteiger partial charge on any atom is -0.373 e. The highest BCUT2D eigenvalue weighted by molar-refractivity contribution is 5.76. The maximum absolute atomic E-state index is 11.9. The van der Waals surface area contributed by atoms with Crippen molar-refractivity contribution in [2.45, 2.75) is 32.0 Å². The summed E-state index contributed by atoms with van der Waals surface area (Å²) in [6.45, 7) is 5.99. The number of carbonyl (C=O) groups is 1. The zero-order valence-corrected chi connectivity index (χ0v) is 12.2. The summed E-state index contributed by atoms with van der Waals surface area (Å²) in [4.78, 5) is 16.2. The van der Waals surface area contributed by atoms with Crippen molar-refractivity contribution in [3.63, 3.8) is 0 Å². The van der Waals surface area contributed by atoms with Gasteiger partial charge >= 0.3 is 0 Å². The molecule has 3 heterocycles. The highest BCUT2D eigenvalue weighted by Crippen LogP contribution is 2.24. The van der Waals surface area contributed by atoms with Crippen molar-refractivity contribution in [3.8, 4) is 0 Å². The number of fused-ring (bicyclic) bond motifs is 1. The van der Waals surface area contributed by atoms with Crippen molar-refractivity contribution in [2.75, 3.05) is 26.2 Å². The van der Waals surface area contributed by atoms with Crippen LogP contribution in [-0.4, -0.2) is 63.9 Å².